The summed E-state index contributed by atoms with van der Waals surface area (Å²) in [5, 5.41) is 6.12. The Morgan fingerprint density at radius 1 is 1.29 bits per heavy atom. The van der Waals surface area contributed by atoms with Crippen LogP contribution in [0.1, 0.15) is 37.9 Å². The van der Waals surface area contributed by atoms with Crippen molar-refractivity contribution in [3.63, 3.8) is 0 Å². The molecule has 1 amide bonds. The zero-order chi connectivity index (χ0) is 12.8. The Hall–Kier alpha value is -1.35. The topological polar surface area (TPSA) is 41.1 Å². The molecule has 0 aliphatic heterocycles. The van der Waals surface area contributed by atoms with Crippen LogP contribution >= 0.6 is 0 Å². The fraction of sp³-hybridized carbons (Fsp3) is 0.500. The average Bonchev–Trinajstić information content (AvgIpc) is 2.29. The van der Waals surface area contributed by atoms with E-state index in [0.717, 1.165) is 0 Å². The van der Waals surface area contributed by atoms with Gasteiger partial charge in [0, 0.05) is 12.6 Å². The molecule has 0 spiro atoms. The Labute approximate surface area is 104 Å². The van der Waals surface area contributed by atoms with Gasteiger partial charge in [-0.2, -0.15) is 0 Å². The van der Waals surface area contributed by atoms with Crippen LogP contribution in [0.15, 0.2) is 24.3 Å². The monoisotopic (exact) mass is 234 g/mol. The first-order chi connectivity index (χ1) is 8.06. The number of carbonyl (C=O) groups is 1. The largest absolute Gasteiger partial charge is 0.355 e. The molecule has 0 aliphatic rings. The van der Waals surface area contributed by atoms with Crippen molar-refractivity contribution in [3.8, 4) is 0 Å². The zero-order valence-corrected chi connectivity index (χ0v) is 11.1. The zero-order valence-electron chi connectivity index (χ0n) is 11.1. The third-order valence-corrected chi connectivity index (χ3v) is 2.90. The fourth-order valence-electron chi connectivity index (χ4n) is 1.94. The van der Waals surface area contributed by atoms with E-state index in [1.54, 1.807) is 0 Å². The van der Waals surface area contributed by atoms with Crippen molar-refractivity contribution in [2.45, 2.75) is 39.8 Å². The number of likely N-dealkylation sites (N-methyl/N-ethyl adjacent to an activating group) is 1. The molecule has 0 radical (unpaired) electrons. The minimum Gasteiger partial charge on any atom is -0.355 e. The van der Waals surface area contributed by atoms with Gasteiger partial charge in [-0.1, -0.05) is 24.3 Å². The maximum absolute atomic E-state index is 11.6. The summed E-state index contributed by atoms with van der Waals surface area (Å²) < 4.78 is 0. The molecule has 0 aromatic heterocycles. The van der Waals surface area contributed by atoms with Gasteiger partial charge in [-0.15, -0.1) is 0 Å². The molecule has 0 saturated carbocycles. The second kappa shape index (κ2) is 6.40. The van der Waals surface area contributed by atoms with Crippen molar-refractivity contribution in [2.75, 3.05) is 6.54 Å². The van der Waals surface area contributed by atoms with Crippen LogP contribution in [-0.2, 0) is 4.79 Å². The third kappa shape index (κ3) is 3.86. The standard InChI is InChI=1S/C14H22N2O/c1-5-15-14(17)12(4)16-11(3)13-9-7-6-8-10(13)2/h6-9,11-12,16H,5H2,1-4H3,(H,15,17)/t11-,12?/m0/s1. The molecule has 0 saturated heterocycles. The molecule has 0 aliphatic carbocycles. The number of carbonyl (C=O) groups excluding carboxylic acids is 1. The highest BCUT2D eigenvalue weighted by Crippen LogP contribution is 2.17. The molecule has 17 heavy (non-hydrogen) atoms. The van der Waals surface area contributed by atoms with Crippen LogP contribution in [0, 0.1) is 6.92 Å². The van der Waals surface area contributed by atoms with E-state index in [4.69, 9.17) is 0 Å². The van der Waals surface area contributed by atoms with Gasteiger partial charge in [0.2, 0.25) is 5.91 Å². The van der Waals surface area contributed by atoms with E-state index in [9.17, 15) is 4.79 Å². The van der Waals surface area contributed by atoms with Crippen molar-refractivity contribution in [2.24, 2.45) is 0 Å². The van der Waals surface area contributed by atoms with Crippen LogP contribution in [0.5, 0.6) is 0 Å². The van der Waals surface area contributed by atoms with Gasteiger partial charge in [0.25, 0.3) is 0 Å². The van der Waals surface area contributed by atoms with Gasteiger partial charge >= 0.3 is 0 Å². The van der Waals surface area contributed by atoms with E-state index in [0.29, 0.717) is 6.54 Å². The Bertz CT molecular complexity index is 376. The van der Waals surface area contributed by atoms with Gasteiger partial charge in [0.15, 0.2) is 0 Å². The number of benzene rings is 1. The summed E-state index contributed by atoms with van der Waals surface area (Å²) in [4.78, 5) is 11.6. The van der Waals surface area contributed by atoms with Crippen LogP contribution in [0.2, 0.25) is 0 Å². The first kappa shape index (κ1) is 13.7. The molecule has 1 aromatic carbocycles. The van der Waals surface area contributed by atoms with E-state index in [1.807, 2.05) is 26.0 Å². The number of nitrogens with one attached hydrogen (secondary N) is 2. The predicted octanol–water partition coefficient (Wildman–Crippen LogP) is 2.17. The molecular formula is C14H22N2O. The maximum Gasteiger partial charge on any atom is 0.236 e. The van der Waals surface area contributed by atoms with Gasteiger partial charge < -0.3 is 5.32 Å². The summed E-state index contributed by atoms with van der Waals surface area (Å²) >= 11 is 0. The normalized spacial score (nSPS) is 14.1. The van der Waals surface area contributed by atoms with Crippen LogP contribution in [0.4, 0.5) is 0 Å². The second-order valence-corrected chi connectivity index (χ2v) is 4.36. The Balaban J connectivity index is 2.63. The highest BCUT2D eigenvalue weighted by atomic mass is 16.2. The molecule has 3 heteroatoms. The molecule has 3 nitrogen and oxygen atoms in total. The van der Waals surface area contributed by atoms with Crippen LogP contribution in [-0.4, -0.2) is 18.5 Å². The summed E-state index contributed by atoms with van der Waals surface area (Å²) in [6.45, 7) is 8.65. The lowest BCUT2D eigenvalue weighted by Crippen LogP contribution is -2.43. The van der Waals surface area contributed by atoms with Crippen LogP contribution in [0.3, 0.4) is 0 Å². The molecule has 0 fully saturated rings. The number of hydrogen-bond donors (Lipinski definition) is 2. The van der Waals surface area contributed by atoms with Crippen molar-refractivity contribution in [3.05, 3.63) is 35.4 Å². The van der Waals surface area contributed by atoms with Crippen LogP contribution in [0.25, 0.3) is 0 Å². The Morgan fingerprint density at radius 3 is 2.53 bits per heavy atom. The Kier molecular flexibility index (Phi) is 5.16. The summed E-state index contributed by atoms with van der Waals surface area (Å²) in [6, 6.07) is 8.23. The van der Waals surface area contributed by atoms with E-state index in [-0.39, 0.29) is 18.0 Å². The molecule has 1 rings (SSSR count). The lowest BCUT2D eigenvalue weighted by Gasteiger charge is -2.21. The lowest BCUT2D eigenvalue weighted by atomic mass is 10.0. The van der Waals surface area contributed by atoms with Crippen molar-refractivity contribution in [1.29, 1.82) is 0 Å². The van der Waals surface area contributed by atoms with Gasteiger partial charge in [-0.25, -0.2) is 0 Å². The summed E-state index contributed by atoms with van der Waals surface area (Å²) in [5.41, 5.74) is 2.49. The lowest BCUT2D eigenvalue weighted by molar-refractivity contribution is -0.122. The number of rotatable bonds is 5. The van der Waals surface area contributed by atoms with Gasteiger partial charge in [0.05, 0.1) is 6.04 Å². The van der Waals surface area contributed by atoms with Crippen molar-refractivity contribution >= 4 is 5.91 Å². The van der Waals surface area contributed by atoms with Crippen molar-refractivity contribution in [1.82, 2.24) is 10.6 Å². The van der Waals surface area contributed by atoms with Gasteiger partial charge in [-0.05, 0) is 38.8 Å². The van der Waals surface area contributed by atoms with Crippen molar-refractivity contribution < 1.29 is 4.79 Å². The van der Waals surface area contributed by atoms with E-state index >= 15 is 0 Å². The predicted molar refractivity (Wildman–Crippen MR) is 70.9 cm³/mol. The first-order valence-electron chi connectivity index (χ1n) is 6.15. The molecule has 0 heterocycles. The third-order valence-electron chi connectivity index (χ3n) is 2.90. The van der Waals surface area contributed by atoms with Gasteiger partial charge in [0.1, 0.15) is 0 Å². The molecule has 2 N–H and O–H groups in total. The molecule has 94 valence electrons. The number of hydrogen-bond acceptors (Lipinski definition) is 2. The first-order valence-corrected chi connectivity index (χ1v) is 6.15. The summed E-state index contributed by atoms with van der Waals surface area (Å²) in [5.74, 6) is 0.0490. The Morgan fingerprint density at radius 2 is 1.94 bits per heavy atom. The SMILES string of the molecule is CCNC(=O)C(C)N[C@@H](C)c1ccccc1C. The van der Waals surface area contributed by atoms with Crippen LogP contribution < -0.4 is 10.6 Å². The molecule has 2 atom stereocenters. The molecule has 1 unspecified atom stereocenters. The summed E-state index contributed by atoms with van der Waals surface area (Å²) in [6.07, 6.45) is 0. The minimum atomic E-state index is -0.176. The minimum absolute atomic E-state index is 0.0490. The van der Waals surface area contributed by atoms with E-state index < -0.39 is 0 Å². The fourth-order valence-corrected chi connectivity index (χ4v) is 1.94. The smallest absolute Gasteiger partial charge is 0.236 e. The maximum atomic E-state index is 11.6. The summed E-state index contributed by atoms with van der Waals surface area (Å²) in [7, 11) is 0. The number of amides is 1. The average molecular weight is 234 g/mol. The quantitative estimate of drug-likeness (QED) is 0.820. The second-order valence-electron chi connectivity index (χ2n) is 4.36. The molecule has 0 bridgehead atoms. The van der Waals surface area contributed by atoms with Gasteiger partial charge in [-0.3, -0.25) is 10.1 Å². The molecular weight excluding hydrogens is 212 g/mol. The van der Waals surface area contributed by atoms with E-state index in [2.05, 4.69) is 36.6 Å². The highest BCUT2D eigenvalue weighted by Gasteiger charge is 2.16. The molecule has 1 aromatic rings. The van der Waals surface area contributed by atoms with E-state index in [1.165, 1.54) is 11.1 Å². The highest BCUT2D eigenvalue weighted by molar-refractivity contribution is 5.81. The number of aryl methyl sites for hydroxylation is 1.